The second-order valence-electron chi connectivity index (χ2n) is 7.48. The first-order valence-corrected chi connectivity index (χ1v) is 12.0. The first-order valence-electron chi connectivity index (χ1n) is 9.73. The fourth-order valence-corrected chi connectivity index (χ4v) is 5.05. The smallest absolute Gasteiger partial charge is 0.240 e. The molecule has 1 amide bonds. The molecular formula is C21H23BrN2O4S. The predicted molar refractivity (Wildman–Crippen MR) is 113 cm³/mol. The van der Waals surface area contributed by atoms with E-state index in [4.69, 9.17) is 4.74 Å². The molecule has 0 saturated heterocycles. The van der Waals surface area contributed by atoms with E-state index >= 15 is 0 Å². The Bertz CT molecular complexity index is 1000. The fraction of sp³-hybridized carbons (Fsp3) is 0.381. The first kappa shape index (κ1) is 20.4. The number of hydrogen-bond acceptors (Lipinski definition) is 4. The zero-order valence-electron chi connectivity index (χ0n) is 15.9. The second kappa shape index (κ2) is 8.45. The molecule has 29 heavy (non-hydrogen) atoms. The molecule has 2 aliphatic rings. The predicted octanol–water partition coefficient (Wildman–Crippen LogP) is 3.46. The number of halogens is 1. The van der Waals surface area contributed by atoms with Crippen LogP contribution in [0, 0.1) is 0 Å². The highest BCUT2D eigenvalue weighted by Gasteiger charge is 2.28. The summed E-state index contributed by atoms with van der Waals surface area (Å²) in [5.74, 6) is 0.774. The lowest BCUT2D eigenvalue weighted by molar-refractivity contribution is -0.122. The molecule has 0 spiro atoms. The molecule has 6 nitrogen and oxygen atoms in total. The van der Waals surface area contributed by atoms with Crippen LogP contribution >= 0.6 is 15.9 Å². The number of carbonyl (C=O) groups excluding carboxylic acids is 1. The van der Waals surface area contributed by atoms with Gasteiger partial charge >= 0.3 is 0 Å². The number of fused-ring (bicyclic) bond motifs is 1. The van der Waals surface area contributed by atoms with E-state index in [0.29, 0.717) is 19.4 Å². The molecule has 2 aromatic carbocycles. The molecular weight excluding hydrogens is 456 g/mol. The van der Waals surface area contributed by atoms with E-state index in [1.807, 2.05) is 18.2 Å². The van der Waals surface area contributed by atoms with E-state index in [2.05, 4.69) is 26.0 Å². The van der Waals surface area contributed by atoms with E-state index in [-0.39, 0.29) is 22.9 Å². The van der Waals surface area contributed by atoms with Gasteiger partial charge in [-0.25, -0.2) is 13.1 Å². The molecule has 1 unspecified atom stereocenters. The van der Waals surface area contributed by atoms with Crippen LogP contribution in [0.1, 0.15) is 42.9 Å². The summed E-state index contributed by atoms with van der Waals surface area (Å²) in [5, 5.41) is 3.09. The molecule has 1 atom stereocenters. The van der Waals surface area contributed by atoms with E-state index in [1.165, 1.54) is 0 Å². The van der Waals surface area contributed by atoms with Crippen molar-refractivity contribution in [3.63, 3.8) is 0 Å². The third-order valence-corrected chi connectivity index (χ3v) is 7.15. The minimum absolute atomic E-state index is 0.0325. The van der Waals surface area contributed by atoms with Crippen molar-refractivity contribution in [3.05, 3.63) is 58.1 Å². The third kappa shape index (κ3) is 5.18. The average molecular weight is 479 g/mol. The molecule has 1 saturated carbocycles. The lowest BCUT2D eigenvalue weighted by atomic mass is 10.00. The Morgan fingerprint density at radius 2 is 1.86 bits per heavy atom. The van der Waals surface area contributed by atoms with Crippen LogP contribution in [0.5, 0.6) is 5.75 Å². The van der Waals surface area contributed by atoms with Crippen molar-refractivity contribution >= 4 is 31.9 Å². The molecule has 0 radical (unpaired) electrons. The van der Waals surface area contributed by atoms with Crippen LogP contribution in [0.15, 0.2) is 51.8 Å². The summed E-state index contributed by atoms with van der Waals surface area (Å²) < 4.78 is 33.7. The zero-order valence-corrected chi connectivity index (χ0v) is 18.3. The van der Waals surface area contributed by atoms with Gasteiger partial charge in [-0.05, 0) is 55.2 Å². The van der Waals surface area contributed by atoms with E-state index < -0.39 is 10.0 Å². The van der Waals surface area contributed by atoms with Crippen molar-refractivity contribution in [2.45, 2.75) is 49.1 Å². The van der Waals surface area contributed by atoms with Gasteiger partial charge in [-0.15, -0.1) is 0 Å². The summed E-state index contributed by atoms with van der Waals surface area (Å²) in [5.41, 5.74) is 1.91. The van der Waals surface area contributed by atoms with Crippen molar-refractivity contribution in [1.82, 2.24) is 10.0 Å². The van der Waals surface area contributed by atoms with Gasteiger partial charge in [0, 0.05) is 28.9 Å². The summed E-state index contributed by atoms with van der Waals surface area (Å²) in [4.78, 5) is 12.7. The number of sulfonamides is 1. The highest BCUT2D eigenvalue weighted by atomic mass is 79.9. The van der Waals surface area contributed by atoms with Gasteiger partial charge in [0.2, 0.25) is 15.9 Å². The topological polar surface area (TPSA) is 84.5 Å². The third-order valence-electron chi connectivity index (χ3n) is 5.12. The van der Waals surface area contributed by atoms with Gasteiger partial charge in [0.25, 0.3) is 0 Å². The number of ether oxygens (including phenoxy) is 1. The number of rotatable bonds is 7. The number of amides is 1. The normalized spacial score (nSPS) is 18.6. The lowest BCUT2D eigenvalue weighted by Crippen LogP contribution is -2.32. The SMILES string of the molecule is O=C(CCc1ccc(S(=O)(=O)NC2CC2)cc1)NC1CCOc2ccc(Br)cc21. The van der Waals surface area contributed by atoms with Gasteiger partial charge in [0.15, 0.2) is 0 Å². The molecule has 8 heteroatoms. The Hall–Kier alpha value is -1.90. The quantitative estimate of drug-likeness (QED) is 0.637. The van der Waals surface area contributed by atoms with Crippen LogP contribution in [-0.2, 0) is 21.2 Å². The molecule has 1 fully saturated rings. The van der Waals surface area contributed by atoms with Crippen molar-refractivity contribution < 1.29 is 17.9 Å². The van der Waals surface area contributed by atoms with Gasteiger partial charge < -0.3 is 10.1 Å². The van der Waals surface area contributed by atoms with Gasteiger partial charge in [-0.2, -0.15) is 0 Å². The maximum absolute atomic E-state index is 12.5. The Labute approximate surface area is 179 Å². The van der Waals surface area contributed by atoms with Crippen LogP contribution in [0.4, 0.5) is 0 Å². The van der Waals surface area contributed by atoms with Crippen molar-refractivity contribution in [2.75, 3.05) is 6.61 Å². The standard InChI is InChI=1S/C21H23BrN2O4S/c22-15-4-9-20-18(13-15)19(11-12-28-20)23-21(25)10-3-14-1-7-17(8-2-14)29(26,27)24-16-5-6-16/h1-2,4,7-9,13,16,19,24H,3,5-6,10-12H2,(H,23,25). The molecule has 2 aromatic rings. The summed E-state index contributed by atoms with van der Waals surface area (Å²) in [7, 11) is -3.44. The molecule has 2 N–H and O–H groups in total. The van der Waals surface area contributed by atoms with Gasteiger partial charge in [0.1, 0.15) is 5.75 Å². The Morgan fingerprint density at radius 3 is 2.59 bits per heavy atom. The van der Waals surface area contributed by atoms with Gasteiger partial charge in [-0.3, -0.25) is 4.79 Å². The maximum Gasteiger partial charge on any atom is 0.240 e. The molecule has 0 bridgehead atoms. The minimum Gasteiger partial charge on any atom is -0.493 e. The van der Waals surface area contributed by atoms with Crippen LogP contribution < -0.4 is 14.8 Å². The Morgan fingerprint density at radius 1 is 1.10 bits per heavy atom. The lowest BCUT2D eigenvalue weighted by Gasteiger charge is -2.27. The number of benzene rings is 2. The van der Waals surface area contributed by atoms with Crippen LogP contribution in [0.25, 0.3) is 0 Å². The molecule has 1 aliphatic carbocycles. The highest BCUT2D eigenvalue weighted by Crippen LogP contribution is 2.34. The summed E-state index contributed by atoms with van der Waals surface area (Å²) in [6.45, 7) is 0.574. The van der Waals surface area contributed by atoms with Crippen LogP contribution in [0.2, 0.25) is 0 Å². The van der Waals surface area contributed by atoms with Crippen LogP contribution in [-0.4, -0.2) is 27.0 Å². The van der Waals surface area contributed by atoms with Gasteiger partial charge in [0.05, 0.1) is 17.5 Å². The highest BCUT2D eigenvalue weighted by molar-refractivity contribution is 9.10. The van der Waals surface area contributed by atoms with Crippen LogP contribution in [0.3, 0.4) is 0 Å². The molecule has 1 heterocycles. The molecule has 0 aromatic heterocycles. The number of aryl methyl sites for hydroxylation is 1. The van der Waals surface area contributed by atoms with Crippen molar-refractivity contribution in [2.24, 2.45) is 0 Å². The van der Waals surface area contributed by atoms with E-state index in [1.54, 1.807) is 24.3 Å². The van der Waals surface area contributed by atoms with E-state index in [0.717, 1.165) is 40.6 Å². The molecule has 4 rings (SSSR count). The molecule has 1 aliphatic heterocycles. The Balaban J connectivity index is 1.33. The second-order valence-corrected chi connectivity index (χ2v) is 10.1. The van der Waals surface area contributed by atoms with E-state index in [9.17, 15) is 13.2 Å². The first-order chi connectivity index (χ1) is 13.9. The minimum atomic E-state index is -3.44. The fourth-order valence-electron chi connectivity index (χ4n) is 3.36. The summed E-state index contributed by atoms with van der Waals surface area (Å²) in [6, 6.07) is 12.6. The van der Waals surface area contributed by atoms with Crippen molar-refractivity contribution in [1.29, 1.82) is 0 Å². The van der Waals surface area contributed by atoms with Gasteiger partial charge in [-0.1, -0.05) is 28.1 Å². The number of hydrogen-bond donors (Lipinski definition) is 2. The number of nitrogens with one attached hydrogen (secondary N) is 2. The summed E-state index contributed by atoms with van der Waals surface area (Å²) in [6.07, 6.45) is 3.43. The Kier molecular flexibility index (Phi) is 5.94. The summed E-state index contributed by atoms with van der Waals surface area (Å²) >= 11 is 3.47. The zero-order chi connectivity index (χ0) is 20.4. The maximum atomic E-state index is 12.5. The monoisotopic (exact) mass is 478 g/mol. The average Bonchev–Trinajstić information content (AvgIpc) is 3.50. The van der Waals surface area contributed by atoms with Crippen molar-refractivity contribution in [3.8, 4) is 5.75 Å². The largest absolute Gasteiger partial charge is 0.493 e. The molecule has 154 valence electrons. The number of carbonyl (C=O) groups is 1.